The van der Waals surface area contributed by atoms with Gasteiger partial charge in [-0.15, -0.1) is 0 Å². The maximum Gasteiger partial charge on any atom is 0.264 e. The van der Waals surface area contributed by atoms with Gasteiger partial charge in [0.1, 0.15) is 18.2 Å². The lowest BCUT2D eigenvalue weighted by Gasteiger charge is -2.36. The summed E-state index contributed by atoms with van der Waals surface area (Å²) in [6.45, 7) is 2.79. The first-order valence-corrected chi connectivity index (χ1v) is 12.6. The molecule has 8 heteroatoms. The van der Waals surface area contributed by atoms with Crippen molar-refractivity contribution in [2.24, 2.45) is 0 Å². The summed E-state index contributed by atoms with van der Waals surface area (Å²) in [6, 6.07) is 23.2. The Morgan fingerprint density at radius 1 is 1.08 bits per heavy atom. The number of methoxy groups -OCH3 is 1. The van der Waals surface area contributed by atoms with E-state index >= 15 is 0 Å². The Morgan fingerprint density at radius 2 is 1.78 bits per heavy atom. The van der Waals surface area contributed by atoms with E-state index in [0.29, 0.717) is 52.7 Å². The van der Waals surface area contributed by atoms with Crippen LogP contribution >= 0.6 is 27.5 Å². The Bertz CT molecular complexity index is 1300. The molecule has 0 spiro atoms. The molecule has 4 rings (SSSR count). The maximum absolute atomic E-state index is 13.1. The van der Waals surface area contributed by atoms with Crippen LogP contribution in [0.1, 0.15) is 11.1 Å². The minimum atomic E-state index is -0.278. The zero-order chi connectivity index (χ0) is 25.5. The Morgan fingerprint density at radius 3 is 2.44 bits per heavy atom. The average molecular weight is 567 g/mol. The van der Waals surface area contributed by atoms with Gasteiger partial charge in [0.05, 0.1) is 11.6 Å². The second-order valence-electron chi connectivity index (χ2n) is 8.20. The van der Waals surface area contributed by atoms with E-state index in [1.807, 2.05) is 42.5 Å². The zero-order valence-electron chi connectivity index (χ0n) is 19.8. The van der Waals surface area contributed by atoms with E-state index < -0.39 is 0 Å². The number of para-hydroxylation sites is 1. The van der Waals surface area contributed by atoms with Crippen molar-refractivity contribution in [3.63, 3.8) is 0 Å². The first-order chi connectivity index (χ1) is 17.5. The van der Waals surface area contributed by atoms with E-state index in [9.17, 15) is 10.1 Å². The Kier molecular flexibility index (Phi) is 8.52. The van der Waals surface area contributed by atoms with Crippen molar-refractivity contribution in [3.05, 3.63) is 92.9 Å². The van der Waals surface area contributed by atoms with Crippen molar-refractivity contribution >= 4 is 45.2 Å². The zero-order valence-corrected chi connectivity index (χ0v) is 22.1. The molecule has 1 amide bonds. The molecule has 1 aliphatic rings. The average Bonchev–Trinajstić information content (AvgIpc) is 2.92. The van der Waals surface area contributed by atoms with Crippen LogP contribution in [0.25, 0.3) is 6.08 Å². The van der Waals surface area contributed by atoms with Gasteiger partial charge in [-0.25, -0.2) is 0 Å². The van der Waals surface area contributed by atoms with Crippen molar-refractivity contribution in [2.75, 3.05) is 38.2 Å². The highest BCUT2D eigenvalue weighted by atomic mass is 79.9. The smallest absolute Gasteiger partial charge is 0.264 e. The number of halogens is 2. The molecule has 0 N–H and O–H groups in total. The van der Waals surface area contributed by atoms with Gasteiger partial charge in [-0.1, -0.05) is 48.0 Å². The minimum absolute atomic E-state index is 0.0712. The molecule has 1 heterocycles. The molecular weight excluding hydrogens is 542 g/mol. The van der Waals surface area contributed by atoms with Crippen LogP contribution in [0.3, 0.4) is 0 Å². The third kappa shape index (κ3) is 6.01. The number of piperazine rings is 1. The van der Waals surface area contributed by atoms with Crippen molar-refractivity contribution in [3.8, 4) is 17.6 Å². The van der Waals surface area contributed by atoms with Gasteiger partial charge in [0, 0.05) is 42.5 Å². The molecule has 0 unspecified atom stereocenters. The molecule has 0 aromatic heterocycles. The number of benzene rings is 3. The number of carbonyl (C=O) groups excluding carboxylic acids is 1. The highest BCUT2D eigenvalue weighted by molar-refractivity contribution is 9.10. The summed E-state index contributed by atoms with van der Waals surface area (Å²) in [5.41, 5.74) is 2.70. The molecule has 1 saturated heterocycles. The van der Waals surface area contributed by atoms with Crippen LogP contribution in [0.2, 0.25) is 5.02 Å². The van der Waals surface area contributed by atoms with Gasteiger partial charge in [0.15, 0.2) is 11.5 Å². The van der Waals surface area contributed by atoms with Crippen LogP contribution in [0.4, 0.5) is 5.69 Å². The highest BCUT2D eigenvalue weighted by Gasteiger charge is 2.24. The van der Waals surface area contributed by atoms with Gasteiger partial charge in [-0.05, 0) is 57.9 Å². The second kappa shape index (κ2) is 12.0. The van der Waals surface area contributed by atoms with Crippen molar-refractivity contribution in [2.45, 2.75) is 6.61 Å². The number of anilines is 1. The predicted molar refractivity (Wildman–Crippen MR) is 145 cm³/mol. The van der Waals surface area contributed by atoms with Crippen molar-refractivity contribution in [1.82, 2.24) is 4.90 Å². The third-order valence-electron chi connectivity index (χ3n) is 5.93. The summed E-state index contributed by atoms with van der Waals surface area (Å²) in [4.78, 5) is 17.1. The van der Waals surface area contributed by atoms with Crippen LogP contribution in [0, 0.1) is 11.3 Å². The fourth-order valence-electron chi connectivity index (χ4n) is 4.01. The number of nitriles is 1. The molecule has 0 saturated carbocycles. The molecule has 1 fully saturated rings. The molecule has 3 aromatic rings. The second-order valence-corrected chi connectivity index (χ2v) is 9.46. The van der Waals surface area contributed by atoms with E-state index in [1.165, 1.54) is 0 Å². The van der Waals surface area contributed by atoms with Crippen LogP contribution in [-0.4, -0.2) is 44.1 Å². The normalized spacial score (nSPS) is 13.8. The summed E-state index contributed by atoms with van der Waals surface area (Å²) < 4.78 is 12.1. The van der Waals surface area contributed by atoms with Crippen LogP contribution < -0.4 is 14.4 Å². The molecule has 0 aliphatic carbocycles. The van der Waals surface area contributed by atoms with Gasteiger partial charge >= 0.3 is 0 Å². The quantitative estimate of drug-likeness (QED) is 0.261. The van der Waals surface area contributed by atoms with E-state index in [4.69, 9.17) is 21.1 Å². The topological polar surface area (TPSA) is 65.8 Å². The summed E-state index contributed by atoms with van der Waals surface area (Å²) in [5, 5.41) is 10.4. The number of hydrogen-bond acceptors (Lipinski definition) is 5. The summed E-state index contributed by atoms with van der Waals surface area (Å²) in [5.74, 6) is 0.708. The largest absolute Gasteiger partial charge is 0.493 e. The Labute approximate surface area is 224 Å². The van der Waals surface area contributed by atoms with Gasteiger partial charge in [-0.3, -0.25) is 4.79 Å². The molecule has 6 nitrogen and oxygen atoms in total. The molecule has 3 aromatic carbocycles. The molecule has 1 aliphatic heterocycles. The van der Waals surface area contributed by atoms with Gasteiger partial charge in [0.25, 0.3) is 5.91 Å². The standard InChI is InChI=1S/C28H25BrClN3O3/c1-35-26-17-20(16-24(29)27(26)36-19-21-7-5-6-10-25(21)30)15-22(18-31)28(34)33-13-11-32(12-14-33)23-8-3-2-4-9-23/h2-10,15-17H,11-14,19H2,1H3/b22-15+. The lowest BCUT2D eigenvalue weighted by atomic mass is 10.1. The number of rotatable bonds is 7. The molecule has 0 radical (unpaired) electrons. The van der Waals surface area contributed by atoms with Gasteiger partial charge in [0.2, 0.25) is 0 Å². The molecule has 0 bridgehead atoms. The monoisotopic (exact) mass is 565 g/mol. The molecule has 184 valence electrons. The first kappa shape index (κ1) is 25.6. The van der Waals surface area contributed by atoms with Gasteiger partial charge in [-0.2, -0.15) is 5.26 Å². The molecule has 0 atom stereocenters. The highest BCUT2D eigenvalue weighted by Crippen LogP contribution is 2.38. The van der Waals surface area contributed by atoms with Crippen LogP contribution in [-0.2, 0) is 11.4 Å². The summed E-state index contributed by atoms with van der Waals surface area (Å²) in [7, 11) is 1.54. The SMILES string of the molecule is COc1cc(/C=C(\C#N)C(=O)N2CCN(c3ccccc3)CC2)cc(Br)c1OCc1ccccc1Cl. The third-order valence-corrected chi connectivity index (χ3v) is 6.89. The molecule has 36 heavy (non-hydrogen) atoms. The predicted octanol–water partition coefficient (Wildman–Crippen LogP) is 5.95. The van der Waals surface area contributed by atoms with Gasteiger partial charge < -0.3 is 19.3 Å². The number of nitrogens with zero attached hydrogens (tertiary/aromatic N) is 3. The summed E-state index contributed by atoms with van der Waals surface area (Å²) >= 11 is 9.77. The van der Waals surface area contributed by atoms with Crippen molar-refractivity contribution in [1.29, 1.82) is 5.26 Å². The number of carbonyl (C=O) groups is 1. The van der Waals surface area contributed by atoms with E-state index in [0.717, 1.165) is 11.3 Å². The Hall–Kier alpha value is -3.47. The van der Waals surface area contributed by atoms with Crippen molar-refractivity contribution < 1.29 is 14.3 Å². The van der Waals surface area contributed by atoms with E-state index in [1.54, 1.807) is 30.2 Å². The molecular formula is C28H25BrClN3O3. The lowest BCUT2D eigenvalue weighted by Crippen LogP contribution is -2.49. The minimum Gasteiger partial charge on any atom is -0.493 e. The summed E-state index contributed by atoms with van der Waals surface area (Å²) in [6.07, 6.45) is 1.58. The fourth-order valence-corrected chi connectivity index (χ4v) is 4.78. The van der Waals surface area contributed by atoms with E-state index in [-0.39, 0.29) is 18.1 Å². The number of amides is 1. The maximum atomic E-state index is 13.1. The first-order valence-electron chi connectivity index (χ1n) is 11.4. The Balaban J connectivity index is 1.47. The van der Waals surface area contributed by atoms with Crippen LogP contribution in [0.5, 0.6) is 11.5 Å². The number of hydrogen-bond donors (Lipinski definition) is 0. The number of ether oxygens (including phenoxy) is 2. The lowest BCUT2D eigenvalue weighted by molar-refractivity contribution is -0.126. The van der Waals surface area contributed by atoms with Crippen LogP contribution in [0.15, 0.2) is 76.8 Å². The van der Waals surface area contributed by atoms with E-state index in [2.05, 4.69) is 39.0 Å². The fraction of sp³-hybridized carbons (Fsp3) is 0.214.